The van der Waals surface area contributed by atoms with Gasteiger partial charge >= 0.3 is 6.61 Å². The van der Waals surface area contributed by atoms with Crippen molar-refractivity contribution in [1.82, 2.24) is 10.2 Å². The Kier molecular flexibility index (Phi) is 6.64. The third kappa shape index (κ3) is 5.66. The molecule has 1 aromatic heterocycles. The summed E-state index contributed by atoms with van der Waals surface area (Å²) in [5.41, 5.74) is 1.28. The number of amides is 1. The highest BCUT2D eigenvalue weighted by Crippen LogP contribution is 2.26. The van der Waals surface area contributed by atoms with Crippen molar-refractivity contribution < 1.29 is 22.7 Å². The van der Waals surface area contributed by atoms with E-state index in [4.69, 9.17) is 21.3 Å². The van der Waals surface area contributed by atoms with Crippen LogP contribution in [0.25, 0.3) is 11.5 Å². The van der Waals surface area contributed by atoms with Gasteiger partial charge in [0.1, 0.15) is 11.8 Å². The second-order valence-electron chi connectivity index (χ2n) is 5.42. The first-order valence-corrected chi connectivity index (χ1v) is 9.32. The number of aromatic nitrogens is 2. The molecule has 0 aliphatic rings. The molecule has 1 amide bonds. The fraction of sp³-hybridized carbons (Fsp3) is 0.111. The smallest absolute Gasteiger partial charge is 0.387 e. The number of anilines is 1. The molecule has 11 heteroatoms. The summed E-state index contributed by atoms with van der Waals surface area (Å²) in [6, 6.07) is 12.2. The van der Waals surface area contributed by atoms with E-state index in [0.717, 1.165) is 11.8 Å². The number of carbonyl (C=O) groups excluding carboxylic acids is 1. The molecule has 0 saturated carbocycles. The second-order valence-corrected chi connectivity index (χ2v) is 6.75. The largest absolute Gasteiger partial charge is 0.435 e. The quantitative estimate of drug-likeness (QED) is 0.540. The Bertz CT molecular complexity index is 1050. The lowest BCUT2D eigenvalue weighted by Crippen LogP contribution is -2.14. The highest BCUT2D eigenvalue weighted by atomic mass is 35.5. The zero-order valence-electron chi connectivity index (χ0n) is 14.4. The van der Waals surface area contributed by atoms with Crippen LogP contribution in [-0.2, 0) is 4.79 Å². The zero-order chi connectivity index (χ0) is 20.8. The predicted molar refractivity (Wildman–Crippen MR) is 102 cm³/mol. The molecule has 0 radical (unpaired) electrons. The number of benzene rings is 2. The van der Waals surface area contributed by atoms with Crippen LogP contribution in [0.2, 0.25) is 5.02 Å². The van der Waals surface area contributed by atoms with Crippen molar-refractivity contribution in [2.45, 2.75) is 11.8 Å². The molecule has 2 aromatic carbocycles. The van der Waals surface area contributed by atoms with Crippen LogP contribution in [0.15, 0.2) is 52.1 Å². The molecule has 0 fully saturated rings. The minimum absolute atomic E-state index is 0.000417. The summed E-state index contributed by atoms with van der Waals surface area (Å²) in [6.45, 7) is -2.90. The van der Waals surface area contributed by atoms with Crippen molar-refractivity contribution in [1.29, 1.82) is 5.26 Å². The number of halogens is 3. The first kappa shape index (κ1) is 20.6. The van der Waals surface area contributed by atoms with Crippen LogP contribution in [-0.4, -0.2) is 28.5 Å². The van der Waals surface area contributed by atoms with Crippen molar-refractivity contribution in [3.63, 3.8) is 0 Å². The molecule has 0 unspecified atom stereocenters. The minimum Gasteiger partial charge on any atom is -0.435 e. The van der Waals surface area contributed by atoms with E-state index in [9.17, 15) is 13.6 Å². The van der Waals surface area contributed by atoms with Gasteiger partial charge in [0.2, 0.25) is 11.8 Å². The Balaban J connectivity index is 1.55. The topological polar surface area (TPSA) is 101 Å². The van der Waals surface area contributed by atoms with E-state index in [1.54, 1.807) is 6.07 Å². The van der Waals surface area contributed by atoms with Crippen molar-refractivity contribution in [2.75, 3.05) is 11.1 Å². The number of rotatable bonds is 7. The summed E-state index contributed by atoms with van der Waals surface area (Å²) in [5, 5.41) is 19.6. The molecule has 3 aromatic rings. The Morgan fingerprint density at radius 3 is 2.69 bits per heavy atom. The van der Waals surface area contributed by atoms with E-state index in [1.165, 1.54) is 36.4 Å². The Labute approximate surface area is 172 Å². The minimum atomic E-state index is -2.90. The number of nitrogens with one attached hydrogen (secondary N) is 1. The van der Waals surface area contributed by atoms with Crippen LogP contribution < -0.4 is 10.1 Å². The molecule has 0 spiro atoms. The number of ether oxygens (including phenoxy) is 1. The highest BCUT2D eigenvalue weighted by Gasteiger charge is 2.13. The first-order chi connectivity index (χ1) is 13.9. The number of hydrogen-bond donors (Lipinski definition) is 1. The number of nitriles is 1. The normalized spacial score (nSPS) is 10.6. The van der Waals surface area contributed by atoms with Gasteiger partial charge in [0.15, 0.2) is 0 Å². The number of thioether (sulfide) groups is 1. The van der Waals surface area contributed by atoms with Gasteiger partial charge in [-0.3, -0.25) is 4.79 Å². The zero-order valence-corrected chi connectivity index (χ0v) is 16.0. The standard InChI is InChI=1S/C18H11ClF2N4O3S/c19-14-7-12(4-1-11(14)8-22)23-15(26)9-29-18-25-24-16(28-18)10-2-5-13(6-3-10)27-17(20)21/h1-7,17H,9H2,(H,23,26). The molecule has 0 atom stereocenters. The van der Waals surface area contributed by atoms with Crippen molar-refractivity contribution in [3.8, 4) is 23.3 Å². The number of alkyl halides is 2. The molecule has 29 heavy (non-hydrogen) atoms. The van der Waals surface area contributed by atoms with Crippen molar-refractivity contribution in [2.24, 2.45) is 0 Å². The van der Waals surface area contributed by atoms with E-state index in [0.29, 0.717) is 16.8 Å². The number of nitrogens with zero attached hydrogens (tertiary/aromatic N) is 3. The molecule has 1 N–H and O–H groups in total. The lowest BCUT2D eigenvalue weighted by atomic mass is 10.2. The molecule has 0 saturated heterocycles. The maximum absolute atomic E-state index is 12.2. The predicted octanol–water partition coefficient (Wildman–Crippen LogP) is 4.59. The molecule has 0 aliphatic heterocycles. The Morgan fingerprint density at radius 1 is 1.28 bits per heavy atom. The van der Waals surface area contributed by atoms with Gasteiger partial charge in [-0.15, -0.1) is 10.2 Å². The molecule has 148 valence electrons. The van der Waals surface area contributed by atoms with E-state index in [2.05, 4.69) is 20.3 Å². The molecule has 3 rings (SSSR count). The second kappa shape index (κ2) is 9.36. The summed E-state index contributed by atoms with van der Waals surface area (Å²) >= 11 is 6.95. The van der Waals surface area contributed by atoms with E-state index < -0.39 is 6.61 Å². The fourth-order valence-corrected chi connectivity index (χ4v) is 2.96. The number of carbonyl (C=O) groups is 1. The maximum atomic E-state index is 12.2. The summed E-state index contributed by atoms with van der Waals surface area (Å²) in [4.78, 5) is 12.0. The highest BCUT2D eigenvalue weighted by molar-refractivity contribution is 7.99. The van der Waals surface area contributed by atoms with Crippen LogP contribution in [0.1, 0.15) is 5.56 Å². The summed E-state index contributed by atoms with van der Waals surface area (Å²) in [7, 11) is 0. The average molecular weight is 437 g/mol. The maximum Gasteiger partial charge on any atom is 0.387 e. The van der Waals surface area contributed by atoms with Gasteiger partial charge in [0.05, 0.1) is 16.3 Å². The van der Waals surface area contributed by atoms with Crippen LogP contribution in [0.4, 0.5) is 14.5 Å². The summed E-state index contributed by atoms with van der Waals surface area (Å²) < 4.78 is 34.1. The van der Waals surface area contributed by atoms with Crippen LogP contribution in [0, 0.1) is 11.3 Å². The lowest BCUT2D eigenvalue weighted by molar-refractivity contribution is -0.113. The van der Waals surface area contributed by atoms with Crippen LogP contribution in [0.5, 0.6) is 5.75 Å². The van der Waals surface area contributed by atoms with Crippen molar-refractivity contribution >= 4 is 35.0 Å². The van der Waals surface area contributed by atoms with Gasteiger partial charge in [0.25, 0.3) is 5.22 Å². The van der Waals surface area contributed by atoms with Crippen LogP contribution >= 0.6 is 23.4 Å². The van der Waals surface area contributed by atoms with E-state index in [1.807, 2.05) is 6.07 Å². The first-order valence-electron chi connectivity index (χ1n) is 7.95. The van der Waals surface area contributed by atoms with E-state index in [-0.39, 0.29) is 33.5 Å². The van der Waals surface area contributed by atoms with Gasteiger partial charge in [-0.05, 0) is 42.5 Å². The lowest BCUT2D eigenvalue weighted by Gasteiger charge is -2.05. The molecular formula is C18H11ClF2N4O3S. The Hall–Kier alpha value is -3.16. The summed E-state index contributed by atoms with van der Waals surface area (Å²) in [6.07, 6.45) is 0. The van der Waals surface area contributed by atoms with Gasteiger partial charge in [-0.1, -0.05) is 23.4 Å². The van der Waals surface area contributed by atoms with Gasteiger partial charge in [-0.25, -0.2) is 0 Å². The monoisotopic (exact) mass is 436 g/mol. The third-order valence-electron chi connectivity index (χ3n) is 3.43. The van der Waals surface area contributed by atoms with E-state index >= 15 is 0 Å². The Morgan fingerprint density at radius 2 is 2.03 bits per heavy atom. The van der Waals surface area contributed by atoms with Gasteiger partial charge < -0.3 is 14.5 Å². The molecule has 0 aliphatic carbocycles. The fourth-order valence-electron chi connectivity index (χ4n) is 2.17. The molecule has 0 bridgehead atoms. The van der Waals surface area contributed by atoms with Gasteiger partial charge in [0, 0.05) is 11.3 Å². The molecular weight excluding hydrogens is 426 g/mol. The van der Waals surface area contributed by atoms with Crippen molar-refractivity contribution in [3.05, 3.63) is 53.1 Å². The SMILES string of the molecule is N#Cc1ccc(NC(=O)CSc2nnc(-c3ccc(OC(F)F)cc3)o2)cc1Cl. The van der Waals surface area contributed by atoms with Gasteiger partial charge in [-0.2, -0.15) is 14.0 Å². The van der Waals surface area contributed by atoms with Crippen LogP contribution in [0.3, 0.4) is 0 Å². The molecule has 1 heterocycles. The number of hydrogen-bond acceptors (Lipinski definition) is 7. The third-order valence-corrected chi connectivity index (χ3v) is 4.56. The summed E-state index contributed by atoms with van der Waals surface area (Å²) in [5.74, 6) is -0.141. The molecule has 7 nitrogen and oxygen atoms in total. The average Bonchev–Trinajstić information content (AvgIpc) is 3.16.